The van der Waals surface area contributed by atoms with Gasteiger partial charge in [0.25, 0.3) is 5.91 Å². The van der Waals surface area contributed by atoms with Crippen LogP contribution in [0.5, 0.6) is 0 Å². The number of carbonyl (C=O) groups excluding carboxylic acids is 3. The number of esters is 1. The molecule has 4 aromatic carbocycles. The fourth-order valence-electron chi connectivity index (χ4n) is 8.50. The maximum absolute atomic E-state index is 14.3. The Labute approximate surface area is 293 Å². The van der Waals surface area contributed by atoms with Crippen LogP contribution in [0.4, 0.5) is 5.69 Å². The smallest absolute Gasteiger partial charge is 0.343 e. The summed E-state index contributed by atoms with van der Waals surface area (Å²) in [6, 6.07) is 23.1. The van der Waals surface area contributed by atoms with Gasteiger partial charge in [-0.2, -0.15) is 0 Å². The second kappa shape index (κ2) is 11.3. The zero-order valence-electron chi connectivity index (χ0n) is 28.5. The quantitative estimate of drug-likeness (QED) is 0.146. The van der Waals surface area contributed by atoms with Crippen LogP contribution >= 0.6 is 0 Å². The Morgan fingerprint density at radius 3 is 2.51 bits per heavy atom. The number of carbonyl (C=O) groups is 3. The van der Waals surface area contributed by atoms with Crippen molar-refractivity contribution >= 4 is 67.1 Å². The molecule has 51 heavy (non-hydrogen) atoms. The normalized spacial score (nSPS) is 22.1. The van der Waals surface area contributed by atoms with E-state index in [9.17, 15) is 19.5 Å². The molecule has 2 amide bonds. The molecule has 11 heteroatoms. The molecule has 6 aromatic rings. The van der Waals surface area contributed by atoms with E-state index in [1.807, 2.05) is 96.4 Å². The van der Waals surface area contributed by atoms with E-state index >= 15 is 0 Å². The number of rotatable bonds is 8. The van der Waals surface area contributed by atoms with Crippen molar-refractivity contribution < 1.29 is 29.0 Å². The van der Waals surface area contributed by atoms with E-state index < -0.39 is 23.5 Å². The standard InChI is InChI=1S/C40H37N5O6/c1-39-40(49,38(48)50-20-18-23-11-4-7-14-27(23)42-30(46)17-10-19-43(2)3)21-31(51-39)44-28-15-8-5-12-24(28)33-34-26(22-41-37(34)47)32-25-13-6-9-16-29(25)45(39)36(32)35(33)44/h4-17,31,49H,18-22H2,1-3H3,(H,41,47)(H,42,46)/b17-10+/t31?,39-,40-/m0/s1. The number of hydrogen-bond donors (Lipinski definition) is 3. The second-order valence-electron chi connectivity index (χ2n) is 14.0. The molecule has 0 aliphatic carbocycles. The number of anilines is 1. The van der Waals surface area contributed by atoms with Crippen LogP contribution in [0.1, 0.15) is 41.1 Å². The van der Waals surface area contributed by atoms with Crippen LogP contribution in [0.25, 0.3) is 43.6 Å². The first-order valence-corrected chi connectivity index (χ1v) is 17.2. The zero-order valence-corrected chi connectivity index (χ0v) is 28.5. The third-order valence-electron chi connectivity index (χ3n) is 10.8. The minimum atomic E-state index is -2.08. The maximum Gasteiger partial charge on any atom is 0.343 e. The Bertz CT molecular complexity index is 2510. The number of aliphatic hydroxyl groups is 1. The summed E-state index contributed by atoms with van der Waals surface area (Å²) in [5.41, 5.74) is 2.59. The number of fused-ring (bicyclic) bond motifs is 13. The Hall–Kier alpha value is -5.49. The topological polar surface area (TPSA) is 127 Å². The lowest BCUT2D eigenvalue weighted by Gasteiger charge is -2.37. The van der Waals surface area contributed by atoms with E-state index in [0.717, 1.165) is 54.7 Å². The van der Waals surface area contributed by atoms with E-state index in [1.54, 1.807) is 13.0 Å². The van der Waals surface area contributed by atoms with Gasteiger partial charge in [-0.15, -0.1) is 0 Å². The van der Waals surface area contributed by atoms with Crippen LogP contribution < -0.4 is 10.6 Å². The molecule has 1 fully saturated rings. The number of likely N-dealkylation sites (N-methyl/N-ethyl adjacent to an activating group) is 1. The van der Waals surface area contributed by atoms with Gasteiger partial charge in [-0.05, 0) is 50.3 Å². The van der Waals surface area contributed by atoms with E-state index in [1.165, 1.54) is 6.08 Å². The minimum Gasteiger partial charge on any atom is -0.463 e. The van der Waals surface area contributed by atoms with E-state index in [2.05, 4.69) is 15.2 Å². The molecule has 2 bridgehead atoms. The number of nitrogens with one attached hydrogen (secondary N) is 2. The van der Waals surface area contributed by atoms with Crippen molar-refractivity contribution in [2.75, 3.05) is 32.6 Å². The monoisotopic (exact) mass is 683 g/mol. The van der Waals surface area contributed by atoms with Gasteiger partial charge in [-0.1, -0.05) is 60.7 Å². The van der Waals surface area contributed by atoms with E-state index in [-0.39, 0.29) is 24.8 Å². The highest BCUT2D eigenvalue weighted by Crippen LogP contribution is 2.57. The molecule has 5 heterocycles. The molecule has 0 radical (unpaired) electrons. The summed E-state index contributed by atoms with van der Waals surface area (Å²) >= 11 is 0. The predicted octanol–water partition coefficient (Wildman–Crippen LogP) is 5.32. The Balaban J connectivity index is 1.12. The molecular formula is C40H37N5O6. The molecular weight excluding hydrogens is 646 g/mol. The molecule has 3 N–H and O–H groups in total. The molecule has 3 aliphatic heterocycles. The Morgan fingerprint density at radius 1 is 1.02 bits per heavy atom. The lowest BCUT2D eigenvalue weighted by atomic mass is 9.88. The summed E-state index contributed by atoms with van der Waals surface area (Å²) in [7, 11) is 3.85. The van der Waals surface area contributed by atoms with Crippen molar-refractivity contribution in [2.45, 2.75) is 43.9 Å². The molecule has 1 unspecified atom stereocenters. The molecule has 11 nitrogen and oxygen atoms in total. The van der Waals surface area contributed by atoms with Gasteiger partial charge in [0.1, 0.15) is 6.23 Å². The lowest BCUT2D eigenvalue weighted by molar-refractivity contribution is -0.204. The average Bonchev–Trinajstić information content (AvgIpc) is 3.81. The summed E-state index contributed by atoms with van der Waals surface area (Å²) in [6.45, 7) is 2.74. The van der Waals surface area contributed by atoms with Crippen LogP contribution in [0, 0.1) is 0 Å². The first kappa shape index (κ1) is 31.5. The molecule has 258 valence electrons. The maximum atomic E-state index is 14.3. The van der Waals surface area contributed by atoms with E-state index in [0.29, 0.717) is 30.8 Å². The molecule has 3 atom stereocenters. The van der Waals surface area contributed by atoms with Gasteiger partial charge in [-0.3, -0.25) is 9.59 Å². The summed E-state index contributed by atoms with van der Waals surface area (Å²) in [4.78, 5) is 42.3. The molecule has 0 spiro atoms. The van der Waals surface area contributed by atoms with Crippen LogP contribution in [-0.4, -0.2) is 69.8 Å². The van der Waals surface area contributed by atoms with Crippen LogP contribution in [0.15, 0.2) is 84.9 Å². The van der Waals surface area contributed by atoms with Gasteiger partial charge >= 0.3 is 5.97 Å². The minimum absolute atomic E-state index is 0.0261. The number of ether oxygens (including phenoxy) is 2. The van der Waals surface area contributed by atoms with Gasteiger partial charge in [-0.25, -0.2) is 4.79 Å². The summed E-state index contributed by atoms with van der Waals surface area (Å²) < 4.78 is 16.8. The van der Waals surface area contributed by atoms with Crippen molar-refractivity contribution in [2.24, 2.45) is 0 Å². The number of hydrogen-bond acceptors (Lipinski definition) is 7. The molecule has 3 aliphatic rings. The number of aromatic nitrogens is 2. The van der Waals surface area contributed by atoms with Gasteiger partial charge in [0, 0.05) is 59.2 Å². The third-order valence-corrected chi connectivity index (χ3v) is 10.8. The summed E-state index contributed by atoms with van der Waals surface area (Å²) in [5.74, 6) is -1.16. The number of para-hydroxylation sites is 3. The largest absolute Gasteiger partial charge is 0.463 e. The van der Waals surface area contributed by atoms with Crippen LogP contribution in [-0.2, 0) is 37.8 Å². The lowest BCUT2D eigenvalue weighted by Crippen LogP contribution is -2.56. The molecule has 1 saturated heterocycles. The molecule has 9 rings (SSSR count). The fourth-order valence-corrected chi connectivity index (χ4v) is 8.50. The molecule has 2 aromatic heterocycles. The van der Waals surface area contributed by atoms with Crippen molar-refractivity contribution in [1.82, 2.24) is 19.4 Å². The summed E-state index contributed by atoms with van der Waals surface area (Å²) in [6.07, 6.45) is 2.79. The number of nitrogens with zero attached hydrogens (tertiary/aromatic N) is 3. The van der Waals surface area contributed by atoms with Gasteiger partial charge in [0.15, 0.2) is 5.72 Å². The van der Waals surface area contributed by atoms with Gasteiger partial charge < -0.3 is 39.2 Å². The van der Waals surface area contributed by atoms with Crippen molar-refractivity contribution in [1.29, 1.82) is 0 Å². The third kappa shape index (κ3) is 4.38. The van der Waals surface area contributed by atoms with Gasteiger partial charge in [0.05, 0.1) is 34.2 Å². The summed E-state index contributed by atoms with van der Waals surface area (Å²) in [5, 5.41) is 22.2. The van der Waals surface area contributed by atoms with Crippen LogP contribution in [0.2, 0.25) is 0 Å². The van der Waals surface area contributed by atoms with Crippen LogP contribution in [0.3, 0.4) is 0 Å². The Morgan fingerprint density at radius 2 is 1.73 bits per heavy atom. The highest BCUT2D eigenvalue weighted by atomic mass is 16.6. The first-order chi connectivity index (χ1) is 24.6. The zero-order chi connectivity index (χ0) is 35.2. The fraction of sp³-hybridized carbons (Fsp3) is 0.275. The predicted molar refractivity (Wildman–Crippen MR) is 194 cm³/mol. The number of benzene rings is 4. The second-order valence-corrected chi connectivity index (χ2v) is 14.0. The highest BCUT2D eigenvalue weighted by molar-refractivity contribution is 6.31. The average molecular weight is 684 g/mol. The van der Waals surface area contributed by atoms with Crippen molar-refractivity contribution in [3.63, 3.8) is 0 Å². The van der Waals surface area contributed by atoms with Crippen molar-refractivity contribution in [3.8, 4) is 0 Å². The Kier molecular flexibility index (Phi) is 6.95. The highest BCUT2D eigenvalue weighted by Gasteiger charge is 2.66. The van der Waals surface area contributed by atoms with Crippen molar-refractivity contribution in [3.05, 3.63) is 102 Å². The SMILES string of the molecule is CN(C)C/C=C/C(=O)Nc1ccccc1CCOC(=O)[C@@]1(O)CC2O[C@]1(C)n1c3ccccc3c3c4c(c5c6ccccc6n2c5c31)C(=O)NC4. The van der Waals surface area contributed by atoms with E-state index in [4.69, 9.17) is 9.47 Å². The first-order valence-electron chi connectivity index (χ1n) is 17.2. The molecule has 0 saturated carbocycles. The van der Waals surface area contributed by atoms with Gasteiger partial charge in [0.2, 0.25) is 11.5 Å². The number of amides is 2.